The van der Waals surface area contributed by atoms with Gasteiger partial charge in [-0.1, -0.05) is 6.07 Å². The Labute approximate surface area is 94.3 Å². The number of aromatic amines is 1. The predicted octanol–water partition coefficient (Wildman–Crippen LogP) is 1.02. The van der Waals surface area contributed by atoms with Gasteiger partial charge in [-0.25, -0.2) is 0 Å². The van der Waals surface area contributed by atoms with E-state index in [1.54, 1.807) is 6.20 Å². The van der Waals surface area contributed by atoms with Gasteiger partial charge in [0.2, 0.25) is 0 Å². The highest BCUT2D eigenvalue weighted by Crippen LogP contribution is 2.06. The van der Waals surface area contributed by atoms with Crippen LogP contribution in [0.3, 0.4) is 0 Å². The van der Waals surface area contributed by atoms with Gasteiger partial charge in [-0.2, -0.15) is 5.10 Å². The zero-order chi connectivity index (χ0) is 11.4. The molecule has 0 fully saturated rings. The Morgan fingerprint density at radius 1 is 1.38 bits per heavy atom. The normalized spacial score (nSPS) is 10.9. The molecule has 2 rings (SSSR count). The summed E-state index contributed by atoms with van der Waals surface area (Å²) in [4.78, 5) is 6.42. The first-order chi connectivity index (χ1) is 7.74. The second kappa shape index (κ2) is 4.76. The number of nitrogens with zero attached hydrogens (tertiary/aromatic N) is 3. The summed E-state index contributed by atoms with van der Waals surface area (Å²) in [5.41, 5.74) is 7.60. The van der Waals surface area contributed by atoms with Crippen LogP contribution in [-0.2, 0) is 13.1 Å². The van der Waals surface area contributed by atoms with Crippen LogP contribution in [0.5, 0.6) is 0 Å². The monoisotopic (exact) mass is 217 g/mol. The van der Waals surface area contributed by atoms with Crippen LogP contribution in [-0.4, -0.2) is 27.1 Å². The van der Waals surface area contributed by atoms with Gasteiger partial charge in [-0.15, -0.1) is 0 Å². The highest BCUT2D eigenvalue weighted by atomic mass is 15.2. The molecule has 2 heterocycles. The van der Waals surface area contributed by atoms with E-state index in [2.05, 4.69) is 20.1 Å². The highest BCUT2D eigenvalue weighted by Gasteiger charge is 2.04. The fourth-order valence-corrected chi connectivity index (χ4v) is 1.58. The summed E-state index contributed by atoms with van der Waals surface area (Å²) in [5.74, 6) is 0.529. The molecular formula is C11H15N5. The Balaban J connectivity index is 1.92. The number of rotatable bonds is 4. The number of anilines is 1. The van der Waals surface area contributed by atoms with E-state index in [0.29, 0.717) is 5.82 Å². The molecule has 0 aliphatic heterocycles. The maximum absolute atomic E-state index is 5.53. The summed E-state index contributed by atoms with van der Waals surface area (Å²) in [6.07, 6.45) is 1.80. The Hall–Kier alpha value is -1.88. The summed E-state index contributed by atoms with van der Waals surface area (Å²) >= 11 is 0. The number of aromatic nitrogens is 3. The molecule has 0 saturated carbocycles. The van der Waals surface area contributed by atoms with Crippen molar-refractivity contribution in [2.24, 2.45) is 0 Å². The van der Waals surface area contributed by atoms with Crippen molar-refractivity contribution in [3.05, 3.63) is 41.9 Å². The van der Waals surface area contributed by atoms with Gasteiger partial charge in [0.25, 0.3) is 0 Å². The van der Waals surface area contributed by atoms with Gasteiger partial charge in [-0.05, 0) is 19.2 Å². The lowest BCUT2D eigenvalue weighted by Crippen LogP contribution is -2.18. The van der Waals surface area contributed by atoms with Crippen LogP contribution in [0.1, 0.15) is 11.4 Å². The molecule has 5 heteroatoms. The Morgan fingerprint density at radius 2 is 2.25 bits per heavy atom. The zero-order valence-corrected chi connectivity index (χ0v) is 9.22. The molecule has 0 aromatic carbocycles. The van der Waals surface area contributed by atoms with Crippen molar-refractivity contribution in [3.8, 4) is 0 Å². The molecule has 2 aromatic heterocycles. The summed E-state index contributed by atoms with van der Waals surface area (Å²) < 4.78 is 0. The van der Waals surface area contributed by atoms with Gasteiger partial charge >= 0.3 is 0 Å². The Morgan fingerprint density at radius 3 is 2.88 bits per heavy atom. The van der Waals surface area contributed by atoms with Crippen LogP contribution in [0.25, 0.3) is 0 Å². The Bertz CT molecular complexity index is 437. The third-order valence-corrected chi connectivity index (χ3v) is 2.25. The number of nitrogens with one attached hydrogen (secondary N) is 1. The third-order valence-electron chi connectivity index (χ3n) is 2.25. The van der Waals surface area contributed by atoms with E-state index >= 15 is 0 Å². The molecule has 0 saturated heterocycles. The number of hydrogen-bond donors (Lipinski definition) is 2. The van der Waals surface area contributed by atoms with E-state index in [1.807, 2.05) is 31.3 Å². The van der Waals surface area contributed by atoms with Crippen molar-refractivity contribution in [2.75, 3.05) is 12.8 Å². The quantitative estimate of drug-likeness (QED) is 0.802. The first-order valence-corrected chi connectivity index (χ1v) is 5.12. The summed E-state index contributed by atoms with van der Waals surface area (Å²) in [5, 5.41) is 6.77. The first-order valence-electron chi connectivity index (χ1n) is 5.12. The molecule has 3 N–H and O–H groups in total. The highest BCUT2D eigenvalue weighted by molar-refractivity contribution is 5.28. The molecule has 0 bridgehead atoms. The van der Waals surface area contributed by atoms with Crippen LogP contribution < -0.4 is 5.73 Å². The molecule has 2 aromatic rings. The minimum atomic E-state index is 0.529. The van der Waals surface area contributed by atoms with Crippen LogP contribution in [0.15, 0.2) is 30.5 Å². The van der Waals surface area contributed by atoms with Gasteiger partial charge in [0, 0.05) is 25.4 Å². The van der Waals surface area contributed by atoms with Crippen molar-refractivity contribution in [2.45, 2.75) is 13.1 Å². The lowest BCUT2D eigenvalue weighted by Gasteiger charge is -2.14. The van der Waals surface area contributed by atoms with Crippen LogP contribution in [0.4, 0.5) is 5.82 Å². The topological polar surface area (TPSA) is 70.8 Å². The fraction of sp³-hybridized carbons (Fsp3) is 0.273. The summed E-state index contributed by atoms with van der Waals surface area (Å²) in [6, 6.07) is 7.76. The van der Waals surface area contributed by atoms with Gasteiger partial charge in [0.1, 0.15) is 5.82 Å². The SMILES string of the molecule is CN(Cc1ccccn1)Cc1cc(N)n[nH]1. The lowest BCUT2D eigenvalue weighted by molar-refractivity contribution is 0.311. The Kier molecular flexibility index (Phi) is 3.16. The zero-order valence-electron chi connectivity index (χ0n) is 9.22. The first kappa shape index (κ1) is 10.6. The summed E-state index contributed by atoms with van der Waals surface area (Å²) in [6.45, 7) is 1.58. The minimum Gasteiger partial charge on any atom is -0.382 e. The average molecular weight is 217 g/mol. The van der Waals surface area contributed by atoms with Gasteiger partial charge in [-0.3, -0.25) is 15.0 Å². The van der Waals surface area contributed by atoms with Crippen LogP contribution >= 0.6 is 0 Å². The average Bonchev–Trinajstić information content (AvgIpc) is 2.65. The number of nitrogens with two attached hydrogens (primary N) is 1. The van der Waals surface area contributed by atoms with E-state index in [9.17, 15) is 0 Å². The number of nitrogen functional groups attached to an aromatic ring is 1. The molecule has 0 atom stereocenters. The van der Waals surface area contributed by atoms with Crippen LogP contribution in [0.2, 0.25) is 0 Å². The van der Waals surface area contributed by atoms with Crippen molar-refractivity contribution in [1.29, 1.82) is 0 Å². The van der Waals surface area contributed by atoms with E-state index in [0.717, 1.165) is 24.5 Å². The molecule has 84 valence electrons. The van der Waals surface area contributed by atoms with Crippen molar-refractivity contribution >= 4 is 5.82 Å². The molecular weight excluding hydrogens is 202 g/mol. The number of pyridine rings is 1. The molecule has 16 heavy (non-hydrogen) atoms. The lowest BCUT2D eigenvalue weighted by atomic mass is 10.3. The number of H-pyrrole nitrogens is 1. The molecule has 0 aliphatic carbocycles. The van der Waals surface area contributed by atoms with Crippen molar-refractivity contribution in [3.63, 3.8) is 0 Å². The predicted molar refractivity (Wildman–Crippen MR) is 62.4 cm³/mol. The smallest absolute Gasteiger partial charge is 0.145 e. The maximum Gasteiger partial charge on any atom is 0.145 e. The molecule has 0 unspecified atom stereocenters. The third kappa shape index (κ3) is 2.80. The number of hydrogen-bond acceptors (Lipinski definition) is 4. The standard InChI is InChI=1S/C11H15N5/c1-16(7-9-4-2-3-5-13-9)8-10-6-11(12)15-14-10/h2-6H,7-8H2,1H3,(H3,12,14,15). The molecule has 0 aliphatic rings. The summed E-state index contributed by atoms with van der Waals surface area (Å²) in [7, 11) is 2.03. The minimum absolute atomic E-state index is 0.529. The van der Waals surface area contributed by atoms with E-state index in [-0.39, 0.29) is 0 Å². The molecule has 0 spiro atoms. The molecule has 5 nitrogen and oxygen atoms in total. The second-order valence-electron chi connectivity index (χ2n) is 3.81. The van der Waals surface area contributed by atoms with Crippen molar-refractivity contribution < 1.29 is 0 Å². The van der Waals surface area contributed by atoms with Crippen molar-refractivity contribution in [1.82, 2.24) is 20.1 Å². The van der Waals surface area contributed by atoms with E-state index < -0.39 is 0 Å². The molecule has 0 amide bonds. The van der Waals surface area contributed by atoms with Crippen LogP contribution in [0, 0.1) is 0 Å². The van der Waals surface area contributed by atoms with Gasteiger partial charge in [0.15, 0.2) is 0 Å². The van der Waals surface area contributed by atoms with Gasteiger partial charge in [0.05, 0.1) is 11.4 Å². The van der Waals surface area contributed by atoms with Gasteiger partial charge < -0.3 is 5.73 Å². The van der Waals surface area contributed by atoms with E-state index in [1.165, 1.54) is 0 Å². The maximum atomic E-state index is 5.53. The largest absolute Gasteiger partial charge is 0.382 e. The van der Waals surface area contributed by atoms with E-state index in [4.69, 9.17) is 5.73 Å². The second-order valence-corrected chi connectivity index (χ2v) is 3.81. The molecule has 0 radical (unpaired) electrons. The fourth-order valence-electron chi connectivity index (χ4n) is 1.58.